The van der Waals surface area contributed by atoms with Crippen LogP contribution in [0.3, 0.4) is 0 Å². The van der Waals surface area contributed by atoms with Gasteiger partial charge >= 0.3 is 0 Å². The lowest BCUT2D eigenvalue weighted by Crippen LogP contribution is -2.22. The van der Waals surface area contributed by atoms with E-state index in [1.165, 1.54) is 5.56 Å². The lowest BCUT2D eigenvalue weighted by Gasteiger charge is -2.32. The van der Waals surface area contributed by atoms with Crippen molar-refractivity contribution in [2.45, 2.75) is 25.2 Å². The van der Waals surface area contributed by atoms with Crippen LogP contribution in [0, 0.1) is 28.6 Å². The third-order valence-electron chi connectivity index (χ3n) is 4.72. The van der Waals surface area contributed by atoms with Gasteiger partial charge in [-0.05, 0) is 29.0 Å². The van der Waals surface area contributed by atoms with Crippen molar-refractivity contribution in [1.29, 1.82) is 10.5 Å². The Hall–Kier alpha value is -2.84. The standard InChI is InChI=1S/C21H18N2/c1-2-17(15-8-4-3-5-9-15)20-12-16(13-22)18-10-6-7-11-19(18)21(20)14-23/h3-12,17,20-21H,2H2,1H3/t17-,20+,21+/m0/s1. The zero-order chi connectivity index (χ0) is 16.2. The number of nitriles is 2. The molecule has 0 saturated heterocycles. The summed E-state index contributed by atoms with van der Waals surface area (Å²) in [5.74, 6) is 0.0444. The average molecular weight is 298 g/mol. The van der Waals surface area contributed by atoms with E-state index >= 15 is 0 Å². The van der Waals surface area contributed by atoms with Crippen LogP contribution in [0.4, 0.5) is 0 Å². The number of hydrogen-bond donors (Lipinski definition) is 0. The van der Waals surface area contributed by atoms with Gasteiger partial charge in [0.05, 0.1) is 23.6 Å². The molecule has 3 rings (SSSR count). The molecular formula is C21H18N2. The van der Waals surface area contributed by atoms with E-state index in [4.69, 9.17) is 0 Å². The minimum Gasteiger partial charge on any atom is -0.198 e. The van der Waals surface area contributed by atoms with Crippen LogP contribution in [-0.4, -0.2) is 0 Å². The summed E-state index contributed by atoms with van der Waals surface area (Å²) in [5, 5.41) is 19.3. The van der Waals surface area contributed by atoms with Crippen LogP contribution in [0.15, 0.2) is 60.7 Å². The van der Waals surface area contributed by atoms with Crippen LogP contribution >= 0.6 is 0 Å². The zero-order valence-corrected chi connectivity index (χ0v) is 13.1. The Kier molecular flexibility index (Phi) is 4.26. The van der Waals surface area contributed by atoms with Crippen molar-refractivity contribution >= 4 is 5.57 Å². The molecule has 0 spiro atoms. The maximum atomic E-state index is 9.80. The Morgan fingerprint density at radius 3 is 2.35 bits per heavy atom. The van der Waals surface area contributed by atoms with E-state index in [9.17, 15) is 10.5 Å². The van der Waals surface area contributed by atoms with Crippen molar-refractivity contribution in [1.82, 2.24) is 0 Å². The van der Waals surface area contributed by atoms with Crippen LogP contribution in [0.2, 0.25) is 0 Å². The summed E-state index contributed by atoms with van der Waals surface area (Å²) in [5.41, 5.74) is 3.80. The lowest BCUT2D eigenvalue weighted by molar-refractivity contribution is 0.456. The summed E-state index contributed by atoms with van der Waals surface area (Å²) in [4.78, 5) is 0. The van der Waals surface area contributed by atoms with Gasteiger partial charge in [0.25, 0.3) is 0 Å². The van der Waals surface area contributed by atoms with Crippen LogP contribution in [0.5, 0.6) is 0 Å². The van der Waals surface area contributed by atoms with Gasteiger partial charge < -0.3 is 0 Å². The molecule has 0 amide bonds. The molecule has 0 fully saturated rings. The average Bonchev–Trinajstić information content (AvgIpc) is 2.62. The quantitative estimate of drug-likeness (QED) is 0.798. The first kappa shape index (κ1) is 15.1. The first-order chi connectivity index (χ1) is 11.3. The van der Waals surface area contributed by atoms with Crippen LogP contribution in [-0.2, 0) is 0 Å². The first-order valence-electron chi connectivity index (χ1n) is 7.96. The molecule has 2 aromatic carbocycles. The third kappa shape index (κ3) is 2.65. The fourth-order valence-corrected chi connectivity index (χ4v) is 3.63. The Bertz CT molecular complexity index is 806. The van der Waals surface area contributed by atoms with Gasteiger partial charge in [-0.15, -0.1) is 0 Å². The monoisotopic (exact) mass is 298 g/mol. The maximum absolute atomic E-state index is 9.80. The second-order valence-corrected chi connectivity index (χ2v) is 5.89. The molecule has 2 heteroatoms. The van der Waals surface area contributed by atoms with Crippen LogP contribution in [0.25, 0.3) is 5.57 Å². The predicted octanol–water partition coefficient (Wildman–Crippen LogP) is 5.02. The van der Waals surface area contributed by atoms with Gasteiger partial charge in [0, 0.05) is 5.92 Å². The van der Waals surface area contributed by atoms with Gasteiger partial charge in [0.1, 0.15) is 0 Å². The molecule has 2 nitrogen and oxygen atoms in total. The molecule has 112 valence electrons. The molecule has 0 radical (unpaired) electrons. The van der Waals surface area contributed by atoms with Gasteiger partial charge in [-0.3, -0.25) is 0 Å². The van der Waals surface area contributed by atoms with Crippen molar-refractivity contribution in [3.8, 4) is 12.1 Å². The number of hydrogen-bond acceptors (Lipinski definition) is 2. The second kappa shape index (κ2) is 6.51. The number of rotatable bonds is 3. The number of nitrogens with zero attached hydrogens (tertiary/aromatic N) is 2. The summed E-state index contributed by atoms with van der Waals surface area (Å²) in [6.07, 6.45) is 2.95. The molecule has 23 heavy (non-hydrogen) atoms. The number of benzene rings is 2. The lowest BCUT2D eigenvalue weighted by atomic mass is 9.69. The summed E-state index contributed by atoms with van der Waals surface area (Å²) >= 11 is 0. The van der Waals surface area contributed by atoms with Crippen molar-refractivity contribution in [2.24, 2.45) is 5.92 Å². The van der Waals surface area contributed by atoms with Gasteiger partial charge in [-0.25, -0.2) is 0 Å². The third-order valence-corrected chi connectivity index (χ3v) is 4.72. The molecule has 2 aromatic rings. The maximum Gasteiger partial charge on any atom is 0.0994 e. The topological polar surface area (TPSA) is 47.6 Å². The molecule has 0 N–H and O–H groups in total. The highest BCUT2D eigenvalue weighted by atomic mass is 14.4. The molecular weight excluding hydrogens is 280 g/mol. The minimum atomic E-state index is -0.214. The normalized spacial score (nSPS) is 20.6. The van der Waals surface area contributed by atoms with Gasteiger partial charge in [0.15, 0.2) is 0 Å². The van der Waals surface area contributed by atoms with Crippen molar-refractivity contribution < 1.29 is 0 Å². The smallest absolute Gasteiger partial charge is 0.0994 e. The summed E-state index contributed by atoms with van der Waals surface area (Å²) in [6, 6.07) is 22.9. The van der Waals surface area contributed by atoms with Crippen molar-refractivity contribution in [3.05, 3.63) is 77.4 Å². The zero-order valence-electron chi connectivity index (χ0n) is 13.1. The largest absolute Gasteiger partial charge is 0.198 e. The SMILES string of the molecule is CC[C@@H](c1ccccc1)[C@H]1C=C(C#N)c2ccccc2[C@H]1C#N. The van der Waals surface area contributed by atoms with Gasteiger partial charge in [-0.1, -0.05) is 67.6 Å². The van der Waals surface area contributed by atoms with Crippen molar-refractivity contribution in [2.75, 3.05) is 0 Å². The molecule has 0 unspecified atom stereocenters. The molecule has 0 heterocycles. The van der Waals surface area contributed by atoms with E-state index in [0.717, 1.165) is 17.5 Å². The Morgan fingerprint density at radius 2 is 1.70 bits per heavy atom. The molecule has 3 atom stereocenters. The van der Waals surface area contributed by atoms with E-state index in [-0.39, 0.29) is 17.8 Å². The highest BCUT2D eigenvalue weighted by molar-refractivity contribution is 5.81. The van der Waals surface area contributed by atoms with E-state index in [1.54, 1.807) is 0 Å². The Balaban J connectivity index is 2.12. The molecule has 0 aromatic heterocycles. The number of allylic oxidation sites excluding steroid dienone is 2. The fraction of sp³-hybridized carbons (Fsp3) is 0.238. The van der Waals surface area contributed by atoms with E-state index < -0.39 is 0 Å². The van der Waals surface area contributed by atoms with Crippen molar-refractivity contribution in [3.63, 3.8) is 0 Å². The Morgan fingerprint density at radius 1 is 1.00 bits per heavy atom. The molecule has 0 aliphatic heterocycles. The molecule has 0 saturated carbocycles. The van der Waals surface area contributed by atoms with E-state index in [2.05, 4.69) is 31.2 Å². The summed E-state index contributed by atoms with van der Waals surface area (Å²) in [7, 11) is 0. The molecule has 1 aliphatic carbocycles. The second-order valence-electron chi connectivity index (χ2n) is 5.89. The summed E-state index contributed by atoms with van der Waals surface area (Å²) < 4.78 is 0. The fourth-order valence-electron chi connectivity index (χ4n) is 3.63. The van der Waals surface area contributed by atoms with E-state index in [0.29, 0.717) is 5.57 Å². The molecule has 1 aliphatic rings. The highest BCUT2D eigenvalue weighted by Crippen LogP contribution is 2.45. The summed E-state index contributed by atoms with van der Waals surface area (Å²) in [6.45, 7) is 2.15. The van der Waals surface area contributed by atoms with Gasteiger partial charge in [-0.2, -0.15) is 10.5 Å². The first-order valence-corrected chi connectivity index (χ1v) is 7.96. The number of fused-ring (bicyclic) bond motifs is 1. The Labute approximate surface area is 137 Å². The highest BCUT2D eigenvalue weighted by Gasteiger charge is 2.34. The van der Waals surface area contributed by atoms with E-state index in [1.807, 2.05) is 48.5 Å². The predicted molar refractivity (Wildman–Crippen MR) is 91.4 cm³/mol. The van der Waals surface area contributed by atoms with Crippen LogP contribution < -0.4 is 0 Å². The minimum absolute atomic E-state index is 0.0250. The molecule has 0 bridgehead atoms. The van der Waals surface area contributed by atoms with Crippen LogP contribution in [0.1, 0.15) is 41.9 Å². The van der Waals surface area contributed by atoms with Gasteiger partial charge in [0.2, 0.25) is 0 Å².